The largest absolute Gasteiger partial charge is 0.389 e. The number of benzene rings is 1. The van der Waals surface area contributed by atoms with E-state index in [4.69, 9.17) is 4.74 Å². The van der Waals surface area contributed by atoms with Gasteiger partial charge in [0.05, 0.1) is 19.3 Å². The lowest BCUT2D eigenvalue weighted by Gasteiger charge is -2.19. The van der Waals surface area contributed by atoms with Crippen molar-refractivity contribution < 1.29 is 14.6 Å². The van der Waals surface area contributed by atoms with Gasteiger partial charge in [-0.1, -0.05) is 29.8 Å². The maximum atomic E-state index is 11.8. The first-order valence-corrected chi connectivity index (χ1v) is 6.69. The van der Waals surface area contributed by atoms with Gasteiger partial charge in [-0.2, -0.15) is 0 Å². The predicted molar refractivity (Wildman–Crippen MR) is 78.4 cm³/mol. The molecule has 1 aromatic rings. The van der Waals surface area contributed by atoms with Gasteiger partial charge >= 0.3 is 0 Å². The molecule has 0 aromatic heterocycles. The second kappa shape index (κ2) is 8.68. The fourth-order valence-corrected chi connectivity index (χ4v) is 1.88. The van der Waals surface area contributed by atoms with Crippen LogP contribution in [-0.4, -0.2) is 55.9 Å². The molecular formula is C15H24N2O3. The van der Waals surface area contributed by atoms with Gasteiger partial charge in [0, 0.05) is 20.2 Å². The second-order valence-electron chi connectivity index (χ2n) is 5.07. The van der Waals surface area contributed by atoms with E-state index in [1.54, 1.807) is 11.9 Å². The summed E-state index contributed by atoms with van der Waals surface area (Å²) in [6.07, 6.45) is -0.574. The number of carbonyl (C=O) groups excluding carboxylic acids is 1. The van der Waals surface area contributed by atoms with Crippen molar-refractivity contribution >= 4 is 5.91 Å². The van der Waals surface area contributed by atoms with Crippen molar-refractivity contribution in [2.75, 3.05) is 33.9 Å². The highest BCUT2D eigenvalue weighted by Crippen LogP contribution is 2.02. The molecule has 5 nitrogen and oxygen atoms in total. The molecule has 0 heterocycles. The highest BCUT2D eigenvalue weighted by atomic mass is 16.5. The monoisotopic (exact) mass is 280 g/mol. The molecule has 1 atom stereocenters. The Morgan fingerprint density at radius 2 is 2.05 bits per heavy atom. The zero-order valence-corrected chi connectivity index (χ0v) is 12.4. The molecule has 5 heteroatoms. The van der Waals surface area contributed by atoms with Crippen molar-refractivity contribution in [2.24, 2.45) is 0 Å². The molecule has 0 aliphatic rings. The average Bonchev–Trinajstić information content (AvgIpc) is 2.38. The van der Waals surface area contributed by atoms with E-state index in [0.29, 0.717) is 13.1 Å². The molecular weight excluding hydrogens is 256 g/mol. The maximum Gasteiger partial charge on any atom is 0.234 e. The number of ether oxygens (including phenoxy) is 1. The summed E-state index contributed by atoms with van der Waals surface area (Å²) in [4.78, 5) is 13.5. The number of nitrogens with one attached hydrogen (secondary N) is 1. The van der Waals surface area contributed by atoms with Gasteiger partial charge < -0.3 is 15.2 Å². The van der Waals surface area contributed by atoms with Gasteiger partial charge in [-0.15, -0.1) is 0 Å². The summed E-state index contributed by atoms with van der Waals surface area (Å²) in [5.74, 6) is -0.0577. The Hall–Kier alpha value is -1.43. The van der Waals surface area contributed by atoms with Gasteiger partial charge in [0.2, 0.25) is 5.91 Å². The zero-order valence-electron chi connectivity index (χ0n) is 12.4. The summed E-state index contributed by atoms with van der Waals surface area (Å²) in [6, 6.07) is 8.05. The van der Waals surface area contributed by atoms with Gasteiger partial charge in [0.25, 0.3) is 0 Å². The Kier molecular flexibility index (Phi) is 7.22. The van der Waals surface area contributed by atoms with Crippen molar-refractivity contribution in [1.29, 1.82) is 0 Å². The summed E-state index contributed by atoms with van der Waals surface area (Å²) in [7, 11) is 3.34. The zero-order chi connectivity index (χ0) is 15.0. The topological polar surface area (TPSA) is 61.8 Å². The van der Waals surface area contributed by atoms with Crippen molar-refractivity contribution in [1.82, 2.24) is 10.2 Å². The molecule has 1 rings (SSSR count). The van der Waals surface area contributed by atoms with E-state index < -0.39 is 6.10 Å². The summed E-state index contributed by atoms with van der Waals surface area (Å²) < 4.78 is 4.85. The lowest BCUT2D eigenvalue weighted by Crippen LogP contribution is -2.39. The Morgan fingerprint density at radius 3 is 2.65 bits per heavy atom. The van der Waals surface area contributed by atoms with E-state index in [1.165, 1.54) is 12.7 Å². The number of aliphatic hydroxyl groups excluding tert-OH is 1. The average molecular weight is 280 g/mol. The highest BCUT2D eigenvalue weighted by Gasteiger charge is 2.11. The summed E-state index contributed by atoms with van der Waals surface area (Å²) >= 11 is 0. The number of carbonyl (C=O) groups is 1. The van der Waals surface area contributed by atoms with Crippen LogP contribution in [0.25, 0.3) is 0 Å². The third kappa shape index (κ3) is 6.65. The van der Waals surface area contributed by atoms with E-state index in [2.05, 4.69) is 5.32 Å². The fourth-order valence-electron chi connectivity index (χ4n) is 1.88. The van der Waals surface area contributed by atoms with E-state index in [0.717, 1.165) is 5.56 Å². The summed E-state index contributed by atoms with van der Waals surface area (Å²) in [5, 5.41) is 12.4. The molecule has 1 unspecified atom stereocenters. The van der Waals surface area contributed by atoms with Gasteiger partial charge in [0.1, 0.15) is 0 Å². The number of amides is 1. The van der Waals surface area contributed by atoms with Gasteiger partial charge in [-0.3, -0.25) is 9.69 Å². The number of nitrogens with zero attached hydrogens (tertiary/aromatic N) is 1. The van der Waals surface area contributed by atoms with Crippen molar-refractivity contribution in [3.63, 3.8) is 0 Å². The molecule has 0 aliphatic carbocycles. The molecule has 2 N–H and O–H groups in total. The minimum atomic E-state index is -0.574. The first kappa shape index (κ1) is 16.6. The highest BCUT2D eigenvalue weighted by molar-refractivity contribution is 5.77. The Morgan fingerprint density at radius 1 is 1.40 bits per heavy atom. The standard InChI is InChI=1S/C15H24N2O3/c1-12-4-6-13(7-5-12)8-16-15(19)10-17(2)9-14(18)11-20-3/h4-7,14,18H,8-11H2,1-3H3,(H,16,19). The van der Waals surface area contributed by atoms with Crippen LogP contribution in [0, 0.1) is 6.92 Å². The summed E-state index contributed by atoms with van der Waals surface area (Å²) in [5.41, 5.74) is 2.28. The number of aliphatic hydroxyl groups is 1. The van der Waals surface area contributed by atoms with Crippen molar-refractivity contribution in [2.45, 2.75) is 19.6 Å². The smallest absolute Gasteiger partial charge is 0.234 e. The second-order valence-corrected chi connectivity index (χ2v) is 5.07. The molecule has 1 amide bonds. The van der Waals surface area contributed by atoms with Gasteiger partial charge in [-0.05, 0) is 19.5 Å². The predicted octanol–water partition coefficient (Wildman–Crippen LogP) is 0.550. The minimum absolute atomic E-state index is 0.0577. The van der Waals surface area contributed by atoms with Crippen LogP contribution in [0.5, 0.6) is 0 Å². The third-order valence-corrected chi connectivity index (χ3v) is 2.91. The van der Waals surface area contributed by atoms with E-state index in [1.807, 2.05) is 31.2 Å². The first-order chi connectivity index (χ1) is 9.51. The molecule has 0 aliphatic heterocycles. The molecule has 0 spiro atoms. The maximum absolute atomic E-state index is 11.8. The number of hydrogen-bond donors (Lipinski definition) is 2. The first-order valence-electron chi connectivity index (χ1n) is 6.69. The van der Waals surface area contributed by atoms with E-state index >= 15 is 0 Å². The van der Waals surface area contributed by atoms with Crippen molar-refractivity contribution in [3.05, 3.63) is 35.4 Å². The normalized spacial score (nSPS) is 12.4. The number of likely N-dealkylation sites (N-methyl/N-ethyl adjacent to an activating group) is 1. The molecule has 112 valence electrons. The number of methoxy groups -OCH3 is 1. The van der Waals surface area contributed by atoms with Crippen LogP contribution in [0.1, 0.15) is 11.1 Å². The summed E-state index contributed by atoms with van der Waals surface area (Å²) in [6.45, 7) is 3.49. The van der Waals surface area contributed by atoms with Crippen LogP contribution in [0.4, 0.5) is 0 Å². The molecule has 0 radical (unpaired) electrons. The van der Waals surface area contributed by atoms with E-state index in [-0.39, 0.29) is 19.1 Å². The quantitative estimate of drug-likeness (QED) is 0.730. The molecule has 0 saturated carbocycles. The number of rotatable bonds is 8. The van der Waals surface area contributed by atoms with Crippen LogP contribution >= 0.6 is 0 Å². The Balaban J connectivity index is 2.27. The molecule has 0 bridgehead atoms. The number of aryl methyl sites for hydroxylation is 1. The minimum Gasteiger partial charge on any atom is -0.389 e. The third-order valence-electron chi connectivity index (χ3n) is 2.91. The Labute approximate surface area is 120 Å². The molecule has 0 fully saturated rings. The van der Waals surface area contributed by atoms with Crippen LogP contribution in [0.15, 0.2) is 24.3 Å². The van der Waals surface area contributed by atoms with Crippen LogP contribution in [-0.2, 0) is 16.1 Å². The SMILES string of the molecule is COCC(O)CN(C)CC(=O)NCc1ccc(C)cc1. The lowest BCUT2D eigenvalue weighted by molar-refractivity contribution is -0.122. The van der Waals surface area contributed by atoms with E-state index in [9.17, 15) is 9.90 Å². The lowest BCUT2D eigenvalue weighted by atomic mass is 10.1. The van der Waals surface area contributed by atoms with Crippen LogP contribution < -0.4 is 5.32 Å². The number of hydrogen-bond acceptors (Lipinski definition) is 4. The van der Waals surface area contributed by atoms with Crippen LogP contribution in [0.3, 0.4) is 0 Å². The van der Waals surface area contributed by atoms with Gasteiger partial charge in [-0.25, -0.2) is 0 Å². The van der Waals surface area contributed by atoms with Crippen molar-refractivity contribution in [3.8, 4) is 0 Å². The molecule has 1 aromatic carbocycles. The Bertz CT molecular complexity index is 406. The fraction of sp³-hybridized carbons (Fsp3) is 0.533. The van der Waals surface area contributed by atoms with Gasteiger partial charge in [0.15, 0.2) is 0 Å². The van der Waals surface area contributed by atoms with Crippen LogP contribution in [0.2, 0.25) is 0 Å². The molecule has 20 heavy (non-hydrogen) atoms. The molecule has 0 saturated heterocycles.